The molecule has 0 fully saturated rings. The Kier molecular flexibility index (Phi) is 4.24. The number of aromatic nitrogens is 3. The van der Waals surface area contributed by atoms with Gasteiger partial charge in [-0.05, 0) is 43.7 Å². The van der Waals surface area contributed by atoms with E-state index >= 15 is 0 Å². The van der Waals surface area contributed by atoms with Crippen LogP contribution in [-0.2, 0) is 6.54 Å². The highest BCUT2D eigenvalue weighted by atomic mass is 19.1. The first-order valence-corrected chi connectivity index (χ1v) is 8.78. The first-order valence-electron chi connectivity index (χ1n) is 8.78. The summed E-state index contributed by atoms with van der Waals surface area (Å²) < 4.78 is 15.9. The minimum atomic E-state index is -0.405. The van der Waals surface area contributed by atoms with Crippen LogP contribution in [0.4, 0.5) is 10.2 Å². The number of amides is 1. The van der Waals surface area contributed by atoms with Crippen molar-refractivity contribution in [3.05, 3.63) is 71.5 Å². The molecule has 0 saturated heterocycles. The molecule has 136 valence electrons. The van der Waals surface area contributed by atoms with Crippen LogP contribution in [0.1, 0.15) is 22.8 Å². The number of para-hydroxylation sites is 1. The van der Waals surface area contributed by atoms with Crippen molar-refractivity contribution in [2.45, 2.75) is 20.4 Å². The van der Waals surface area contributed by atoms with Gasteiger partial charge in [0.05, 0.1) is 11.4 Å². The Bertz CT molecular complexity index is 1140. The van der Waals surface area contributed by atoms with Crippen LogP contribution < -0.4 is 5.32 Å². The normalized spacial score (nSPS) is 11.1. The van der Waals surface area contributed by atoms with Crippen LogP contribution >= 0.6 is 0 Å². The fourth-order valence-electron chi connectivity index (χ4n) is 3.21. The SMILES string of the molecule is CCn1c(-c2cc(NC(=O)c3ccc(C)c(F)c3)n[nH]2)cc2ccccc21. The molecule has 2 aromatic heterocycles. The fourth-order valence-corrected chi connectivity index (χ4v) is 3.21. The molecule has 4 aromatic rings. The average Bonchev–Trinajstić information content (AvgIpc) is 3.27. The van der Waals surface area contributed by atoms with Crippen LogP contribution in [-0.4, -0.2) is 20.7 Å². The maximum absolute atomic E-state index is 13.7. The van der Waals surface area contributed by atoms with Gasteiger partial charge in [-0.25, -0.2) is 4.39 Å². The van der Waals surface area contributed by atoms with Gasteiger partial charge in [0, 0.05) is 29.1 Å². The predicted octanol–water partition coefficient (Wildman–Crippen LogP) is 4.75. The lowest BCUT2D eigenvalue weighted by Crippen LogP contribution is -2.12. The number of carbonyl (C=O) groups excluding carboxylic acids is 1. The first-order chi connectivity index (χ1) is 13.1. The molecule has 0 spiro atoms. The molecule has 0 aliphatic carbocycles. The number of nitrogens with zero attached hydrogens (tertiary/aromatic N) is 2. The molecule has 0 aliphatic rings. The summed E-state index contributed by atoms with van der Waals surface area (Å²) in [5.74, 6) is -0.412. The summed E-state index contributed by atoms with van der Waals surface area (Å²) >= 11 is 0. The van der Waals surface area contributed by atoms with E-state index in [2.05, 4.69) is 45.2 Å². The van der Waals surface area contributed by atoms with E-state index in [0.717, 1.165) is 28.8 Å². The Morgan fingerprint density at radius 3 is 2.78 bits per heavy atom. The van der Waals surface area contributed by atoms with Crippen molar-refractivity contribution in [3.63, 3.8) is 0 Å². The molecule has 0 bridgehead atoms. The quantitative estimate of drug-likeness (QED) is 0.550. The zero-order chi connectivity index (χ0) is 19.0. The molecule has 0 unspecified atom stereocenters. The van der Waals surface area contributed by atoms with E-state index in [9.17, 15) is 9.18 Å². The van der Waals surface area contributed by atoms with Gasteiger partial charge in [0.1, 0.15) is 5.82 Å². The number of carbonyl (C=O) groups is 1. The van der Waals surface area contributed by atoms with Gasteiger partial charge in [0.2, 0.25) is 0 Å². The monoisotopic (exact) mass is 362 g/mol. The Labute approximate surface area is 155 Å². The number of halogens is 1. The predicted molar refractivity (Wildman–Crippen MR) is 104 cm³/mol. The molecule has 2 N–H and O–H groups in total. The molecule has 2 aromatic carbocycles. The number of anilines is 1. The Morgan fingerprint density at radius 2 is 2.00 bits per heavy atom. The third-order valence-electron chi connectivity index (χ3n) is 4.66. The number of hydrogen-bond donors (Lipinski definition) is 2. The van der Waals surface area contributed by atoms with Gasteiger partial charge in [-0.2, -0.15) is 5.10 Å². The summed E-state index contributed by atoms with van der Waals surface area (Å²) in [6.07, 6.45) is 0. The highest BCUT2D eigenvalue weighted by Gasteiger charge is 2.14. The zero-order valence-corrected chi connectivity index (χ0v) is 15.1. The smallest absolute Gasteiger partial charge is 0.256 e. The van der Waals surface area contributed by atoms with Crippen molar-refractivity contribution < 1.29 is 9.18 Å². The van der Waals surface area contributed by atoms with E-state index in [0.29, 0.717) is 11.4 Å². The number of benzene rings is 2. The van der Waals surface area contributed by atoms with Gasteiger partial charge in [-0.15, -0.1) is 0 Å². The van der Waals surface area contributed by atoms with E-state index < -0.39 is 11.7 Å². The van der Waals surface area contributed by atoms with Crippen molar-refractivity contribution in [2.24, 2.45) is 0 Å². The molecule has 4 rings (SSSR count). The molecule has 0 radical (unpaired) electrons. The van der Waals surface area contributed by atoms with Crippen LogP contribution in [0.15, 0.2) is 54.6 Å². The van der Waals surface area contributed by atoms with E-state index in [1.807, 2.05) is 12.1 Å². The third kappa shape index (κ3) is 3.10. The number of H-pyrrole nitrogens is 1. The van der Waals surface area contributed by atoms with Crippen molar-refractivity contribution in [3.8, 4) is 11.4 Å². The van der Waals surface area contributed by atoms with Crippen molar-refractivity contribution >= 4 is 22.6 Å². The van der Waals surface area contributed by atoms with E-state index in [1.54, 1.807) is 25.1 Å². The first kappa shape index (κ1) is 17.0. The van der Waals surface area contributed by atoms with Gasteiger partial charge in [-0.3, -0.25) is 9.89 Å². The number of aromatic amines is 1. The van der Waals surface area contributed by atoms with Crippen LogP contribution in [0.5, 0.6) is 0 Å². The van der Waals surface area contributed by atoms with Crippen LogP contribution in [0, 0.1) is 12.7 Å². The molecule has 1 amide bonds. The lowest BCUT2D eigenvalue weighted by molar-refractivity contribution is 0.102. The van der Waals surface area contributed by atoms with Crippen molar-refractivity contribution in [1.29, 1.82) is 0 Å². The molecule has 2 heterocycles. The van der Waals surface area contributed by atoms with E-state index in [-0.39, 0.29) is 5.56 Å². The van der Waals surface area contributed by atoms with Crippen LogP contribution in [0.3, 0.4) is 0 Å². The largest absolute Gasteiger partial charge is 0.340 e. The maximum Gasteiger partial charge on any atom is 0.256 e. The Balaban J connectivity index is 1.62. The zero-order valence-electron chi connectivity index (χ0n) is 15.1. The Hall–Kier alpha value is -3.41. The number of nitrogens with one attached hydrogen (secondary N) is 2. The van der Waals surface area contributed by atoms with Crippen molar-refractivity contribution in [1.82, 2.24) is 14.8 Å². The number of fused-ring (bicyclic) bond motifs is 1. The summed E-state index contributed by atoms with van der Waals surface area (Å²) in [5.41, 5.74) is 3.70. The second-order valence-electron chi connectivity index (χ2n) is 6.42. The lowest BCUT2D eigenvalue weighted by atomic mass is 10.1. The highest BCUT2D eigenvalue weighted by molar-refractivity contribution is 6.04. The maximum atomic E-state index is 13.7. The van der Waals surface area contributed by atoms with Gasteiger partial charge in [-0.1, -0.05) is 24.3 Å². The molecular weight excluding hydrogens is 343 g/mol. The number of aryl methyl sites for hydroxylation is 2. The Morgan fingerprint density at radius 1 is 1.19 bits per heavy atom. The summed E-state index contributed by atoms with van der Waals surface area (Å²) in [6.45, 7) is 4.55. The van der Waals surface area contributed by atoms with Gasteiger partial charge < -0.3 is 9.88 Å². The molecule has 0 atom stereocenters. The standard InChI is InChI=1S/C21H19FN4O/c1-3-26-18-7-5-4-6-14(18)11-19(26)17-12-20(25-24-17)23-21(27)15-9-8-13(2)16(22)10-15/h4-12H,3H2,1-2H3,(H2,23,24,25,27). The van der Waals surface area contributed by atoms with Gasteiger partial charge in [0.15, 0.2) is 5.82 Å². The van der Waals surface area contributed by atoms with Gasteiger partial charge >= 0.3 is 0 Å². The molecule has 0 saturated carbocycles. The van der Waals surface area contributed by atoms with E-state index in [1.165, 1.54) is 6.07 Å². The molecular formula is C21H19FN4O. The molecule has 5 nitrogen and oxygen atoms in total. The lowest BCUT2D eigenvalue weighted by Gasteiger charge is -2.05. The summed E-state index contributed by atoms with van der Waals surface area (Å²) in [6, 6.07) is 16.4. The molecule has 0 aliphatic heterocycles. The topological polar surface area (TPSA) is 62.7 Å². The number of hydrogen-bond acceptors (Lipinski definition) is 2. The molecule has 27 heavy (non-hydrogen) atoms. The van der Waals surface area contributed by atoms with Gasteiger partial charge in [0.25, 0.3) is 5.91 Å². The minimum Gasteiger partial charge on any atom is -0.340 e. The highest BCUT2D eigenvalue weighted by Crippen LogP contribution is 2.28. The fraction of sp³-hybridized carbons (Fsp3) is 0.143. The van der Waals surface area contributed by atoms with E-state index in [4.69, 9.17) is 0 Å². The number of rotatable bonds is 4. The second-order valence-corrected chi connectivity index (χ2v) is 6.42. The van der Waals surface area contributed by atoms with Crippen LogP contribution in [0.25, 0.3) is 22.3 Å². The third-order valence-corrected chi connectivity index (χ3v) is 4.66. The summed E-state index contributed by atoms with van der Waals surface area (Å²) in [5, 5.41) is 11.0. The molecule has 6 heteroatoms. The average molecular weight is 362 g/mol. The minimum absolute atomic E-state index is 0.255. The summed E-state index contributed by atoms with van der Waals surface area (Å²) in [4.78, 5) is 12.4. The van der Waals surface area contributed by atoms with Crippen molar-refractivity contribution in [2.75, 3.05) is 5.32 Å². The second kappa shape index (κ2) is 6.72. The van der Waals surface area contributed by atoms with Crippen LogP contribution in [0.2, 0.25) is 0 Å². The summed E-state index contributed by atoms with van der Waals surface area (Å²) in [7, 11) is 0.